The quantitative estimate of drug-likeness (QED) is 0.804. The Morgan fingerprint density at radius 3 is 2.67 bits per heavy atom. The molecule has 1 aromatic rings. The number of piperidine rings is 1. The Labute approximate surface area is 121 Å². The molecular formula is C14H18F3N3O. The van der Waals surface area contributed by atoms with Gasteiger partial charge in [-0.3, -0.25) is 0 Å². The van der Waals surface area contributed by atoms with Crippen LogP contribution < -0.4 is 16.0 Å². The Kier molecular flexibility index (Phi) is 5.06. The molecule has 1 aromatic carbocycles. The van der Waals surface area contributed by atoms with Crippen LogP contribution in [0.5, 0.6) is 0 Å². The highest BCUT2D eigenvalue weighted by Crippen LogP contribution is 2.30. The third kappa shape index (κ3) is 4.93. The second-order valence-electron chi connectivity index (χ2n) is 5.11. The van der Waals surface area contributed by atoms with Crippen molar-refractivity contribution in [2.75, 3.05) is 25.0 Å². The van der Waals surface area contributed by atoms with Crippen LogP contribution in [0.2, 0.25) is 0 Å². The highest BCUT2D eigenvalue weighted by Gasteiger charge is 2.30. The zero-order chi connectivity index (χ0) is 15.3. The minimum atomic E-state index is -4.41. The van der Waals surface area contributed by atoms with E-state index >= 15 is 0 Å². The molecule has 1 saturated heterocycles. The molecule has 1 heterocycles. The number of halogens is 3. The van der Waals surface area contributed by atoms with Gasteiger partial charge in [0.05, 0.1) is 5.56 Å². The Hall–Kier alpha value is -1.76. The van der Waals surface area contributed by atoms with Gasteiger partial charge < -0.3 is 16.0 Å². The fourth-order valence-corrected chi connectivity index (χ4v) is 2.27. The summed E-state index contributed by atoms with van der Waals surface area (Å²) < 4.78 is 37.7. The maximum atomic E-state index is 12.6. The first kappa shape index (κ1) is 15.6. The molecule has 1 aliphatic heterocycles. The molecule has 1 aliphatic rings. The van der Waals surface area contributed by atoms with Crippen LogP contribution >= 0.6 is 0 Å². The fraction of sp³-hybridized carbons (Fsp3) is 0.500. The van der Waals surface area contributed by atoms with Crippen LogP contribution in [0.3, 0.4) is 0 Å². The van der Waals surface area contributed by atoms with Crippen molar-refractivity contribution in [1.29, 1.82) is 0 Å². The lowest BCUT2D eigenvalue weighted by atomic mass is 9.98. The fourth-order valence-electron chi connectivity index (χ4n) is 2.27. The van der Waals surface area contributed by atoms with E-state index in [2.05, 4.69) is 16.0 Å². The maximum Gasteiger partial charge on any atom is 0.416 e. The first-order chi connectivity index (χ1) is 9.95. The number of rotatable bonds is 3. The molecule has 2 amide bonds. The molecule has 0 aromatic heterocycles. The minimum absolute atomic E-state index is 0.132. The van der Waals surface area contributed by atoms with Gasteiger partial charge in [-0.15, -0.1) is 0 Å². The Balaban J connectivity index is 1.84. The molecule has 0 bridgehead atoms. The molecule has 0 saturated carbocycles. The summed E-state index contributed by atoms with van der Waals surface area (Å²) in [5, 5.41) is 8.36. The van der Waals surface area contributed by atoms with Gasteiger partial charge in [-0.25, -0.2) is 4.79 Å². The summed E-state index contributed by atoms with van der Waals surface area (Å²) in [6.07, 6.45) is -2.43. The standard InChI is InChI=1S/C14H18F3N3O/c15-14(16,17)11-2-1-3-12(8-11)20-13(21)19-9-10-4-6-18-7-5-10/h1-3,8,10,18H,4-7,9H2,(H2,19,20,21). The normalized spacial score (nSPS) is 16.5. The lowest BCUT2D eigenvalue weighted by Crippen LogP contribution is -2.37. The summed E-state index contributed by atoms with van der Waals surface area (Å²) in [5.41, 5.74) is -0.647. The van der Waals surface area contributed by atoms with Crippen LogP contribution in [-0.2, 0) is 6.18 Å². The number of alkyl halides is 3. The highest BCUT2D eigenvalue weighted by atomic mass is 19.4. The van der Waals surface area contributed by atoms with Crippen molar-refractivity contribution in [3.63, 3.8) is 0 Å². The number of benzene rings is 1. The predicted molar refractivity (Wildman–Crippen MR) is 74.1 cm³/mol. The van der Waals surface area contributed by atoms with Gasteiger partial charge in [-0.2, -0.15) is 13.2 Å². The number of urea groups is 1. The van der Waals surface area contributed by atoms with Crippen molar-refractivity contribution in [2.24, 2.45) is 5.92 Å². The van der Waals surface area contributed by atoms with Gasteiger partial charge in [0, 0.05) is 12.2 Å². The van der Waals surface area contributed by atoms with E-state index in [0.29, 0.717) is 12.5 Å². The predicted octanol–water partition coefficient (Wildman–Crippen LogP) is 2.83. The Bertz CT molecular complexity index is 485. The maximum absolute atomic E-state index is 12.6. The van der Waals surface area contributed by atoms with E-state index in [-0.39, 0.29) is 5.69 Å². The molecule has 116 valence electrons. The zero-order valence-electron chi connectivity index (χ0n) is 11.5. The van der Waals surface area contributed by atoms with Crippen molar-refractivity contribution in [2.45, 2.75) is 19.0 Å². The number of anilines is 1. The highest BCUT2D eigenvalue weighted by molar-refractivity contribution is 5.89. The molecule has 0 unspecified atom stereocenters. The summed E-state index contributed by atoms with van der Waals surface area (Å²) in [6, 6.07) is 4.11. The molecule has 0 aliphatic carbocycles. The summed E-state index contributed by atoms with van der Waals surface area (Å²) >= 11 is 0. The van der Waals surface area contributed by atoms with Crippen molar-refractivity contribution < 1.29 is 18.0 Å². The molecule has 7 heteroatoms. The first-order valence-electron chi connectivity index (χ1n) is 6.88. The molecule has 4 nitrogen and oxygen atoms in total. The van der Waals surface area contributed by atoms with Crippen molar-refractivity contribution >= 4 is 11.7 Å². The molecule has 2 rings (SSSR count). The summed E-state index contributed by atoms with van der Waals surface area (Å²) in [6.45, 7) is 2.40. The Morgan fingerprint density at radius 1 is 1.29 bits per heavy atom. The average molecular weight is 301 g/mol. The van der Waals surface area contributed by atoms with Crippen LogP contribution in [0, 0.1) is 5.92 Å². The second-order valence-corrected chi connectivity index (χ2v) is 5.11. The van der Waals surface area contributed by atoms with E-state index in [9.17, 15) is 18.0 Å². The second kappa shape index (κ2) is 6.80. The summed E-state index contributed by atoms with van der Waals surface area (Å²) in [4.78, 5) is 11.7. The van der Waals surface area contributed by atoms with Gasteiger partial charge in [0.25, 0.3) is 0 Å². The van der Waals surface area contributed by atoms with Crippen LogP contribution in [-0.4, -0.2) is 25.7 Å². The van der Waals surface area contributed by atoms with E-state index in [1.807, 2.05) is 0 Å². The van der Waals surface area contributed by atoms with E-state index in [4.69, 9.17) is 0 Å². The minimum Gasteiger partial charge on any atom is -0.338 e. The smallest absolute Gasteiger partial charge is 0.338 e. The molecule has 21 heavy (non-hydrogen) atoms. The lowest BCUT2D eigenvalue weighted by Gasteiger charge is -2.22. The number of amides is 2. The lowest BCUT2D eigenvalue weighted by molar-refractivity contribution is -0.137. The largest absolute Gasteiger partial charge is 0.416 e. The third-order valence-electron chi connectivity index (χ3n) is 3.46. The number of hydrogen-bond donors (Lipinski definition) is 3. The summed E-state index contributed by atoms with van der Waals surface area (Å²) in [5.74, 6) is 0.415. The van der Waals surface area contributed by atoms with Crippen molar-refractivity contribution in [3.8, 4) is 0 Å². The third-order valence-corrected chi connectivity index (χ3v) is 3.46. The topological polar surface area (TPSA) is 53.2 Å². The van der Waals surface area contributed by atoms with Crippen LogP contribution in [0.4, 0.5) is 23.7 Å². The molecule has 0 radical (unpaired) electrons. The van der Waals surface area contributed by atoms with E-state index in [0.717, 1.165) is 38.1 Å². The van der Waals surface area contributed by atoms with Gasteiger partial charge in [0.2, 0.25) is 0 Å². The SMILES string of the molecule is O=C(NCC1CCNCC1)Nc1cccc(C(F)(F)F)c1. The Morgan fingerprint density at radius 2 is 2.00 bits per heavy atom. The van der Waals surface area contributed by atoms with Gasteiger partial charge in [-0.1, -0.05) is 6.07 Å². The monoisotopic (exact) mass is 301 g/mol. The van der Waals surface area contributed by atoms with E-state index in [1.165, 1.54) is 12.1 Å². The van der Waals surface area contributed by atoms with Gasteiger partial charge >= 0.3 is 12.2 Å². The van der Waals surface area contributed by atoms with Crippen molar-refractivity contribution in [3.05, 3.63) is 29.8 Å². The van der Waals surface area contributed by atoms with Crippen LogP contribution in [0.15, 0.2) is 24.3 Å². The average Bonchev–Trinajstić information content (AvgIpc) is 2.46. The van der Waals surface area contributed by atoms with Crippen molar-refractivity contribution in [1.82, 2.24) is 10.6 Å². The van der Waals surface area contributed by atoms with Crippen LogP contribution in [0.25, 0.3) is 0 Å². The van der Waals surface area contributed by atoms with Crippen LogP contribution in [0.1, 0.15) is 18.4 Å². The molecular weight excluding hydrogens is 283 g/mol. The number of carbonyl (C=O) groups excluding carboxylic acids is 1. The van der Waals surface area contributed by atoms with Gasteiger partial charge in [0.15, 0.2) is 0 Å². The molecule has 0 atom stereocenters. The molecule has 3 N–H and O–H groups in total. The number of carbonyl (C=O) groups is 1. The van der Waals surface area contributed by atoms with Gasteiger partial charge in [-0.05, 0) is 50.0 Å². The van der Waals surface area contributed by atoms with E-state index < -0.39 is 17.8 Å². The first-order valence-corrected chi connectivity index (χ1v) is 6.88. The van der Waals surface area contributed by atoms with Gasteiger partial charge in [0.1, 0.15) is 0 Å². The molecule has 0 spiro atoms. The number of nitrogens with one attached hydrogen (secondary N) is 3. The molecule has 1 fully saturated rings. The number of hydrogen-bond acceptors (Lipinski definition) is 2. The zero-order valence-corrected chi connectivity index (χ0v) is 11.5. The van der Waals surface area contributed by atoms with E-state index in [1.54, 1.807) is 0 Å². The summed E-state index contributed by atoms with van der Waals surface area (Å²) in [7, 11) is 0.